The van der Waals surface area contributed by atoms with Crippen LogP contribution in [0.3, 0.4) is 0 Å². The van der Waals surface area contributed by atoms with E-state index in [1.165, 1.54) is 0 Å². The second-order valence-corrected chi connectivity index (χ2v) is 8.73. The molecular weight excluding hydrogens is 386 g/mol. The Morgan fingerprint density at radius 2 is 1.77 bits per heavy atom. The summed E-state index contributed by atoms with van der Waals surface area (Å²) in [5.74, 6) is 0.852. The fraction of sp³-hybridized carbons (Fsp3) is 0.308. The van der Waals surface area contributed by atoms with Crippen LogP contribution in [0.25, 0.3) is 22.6 Å². The molecule has 1 aromatic heterocycles. The van der Waals surface area contributed by atoms with Gasteiger partial charge in [0, 0.05) is 53.9 Å². The molecule has 0 bridgehead atoms. The van der Waals surface area contributed by atoms with Crippen molar-refractivity contribution >= 4 is 40.1 Å². The highest BCUT2D eigenvalue weighted by Crippen LogP contribution is 2.37. The fourth-order valence-corrected chi connectivity index (χ4v) is 4.72. The Hall–Kier alpha value is -3.34. The molecule has 2 amide bonds. The first kappa shape index (κ1) is 19.6. The van der Waals surface area contributed by atoms with E-state index in [4.69, 9.17) is 0 Å². The van der Waals surface area contributed by atoms with Crippen LogP contribution in [0.5, 0.6) is 0 Å². The summed E-state index contributed by atoms with van der Waals surface area (Å²) in [5, 5.41) is 1.05. The first-order chi connectivity index (χ1) is 15.0. The number of benzene rings is 2. The molecule has 0 aliphatic carbocycles. The molecule has 0 atom stereocenters. The number of para-hydroxylation sites is 2. The monoisotopic (exact) mass is 413 g/mol. The third-order valence-corrected chi connectivity index (χ3v) is 6.65. The van der Waals surface area contributed by atoms with Gasteiger partial charge in [-0.25, -0.2) is 0 Å². The summed E-state index contributed by atoms with van der Waals surface area (Å²) in [6.45, 7) is 4.25. The van der Waals surface area contributed by atoms with Crippen molar-refractivity contribution in [3.8, 4) is 0 Å². The molecule has 3 aromatic rings. The van der Waals surface area contributed by atoms with Crippen LogP contribution in [-0.2, 0) is 16.1 Å². The Balaban J connectivity index is 1.51. The minimum atomic E-state index is -0.00320. The zero-order valence-corrected chi connectivity index (χ0v) is 18.0. The Kier molecular flexibility index (Phi) is 4.89. The van der Waals surface area contributed by atoms with E-state index in [1.54, 1.807) is 4.90 Å². The topological polar surface area (TPSA) is 45.6 Å². The van der Waals surface area contributed by atoms with Gasteiger partial charge in [0.05, 0.1) is 5.69 Å². The van der Waals surface area contributed by atoms with Gasteiger partial charge in [-0.05, 0) is 37.0 Å². The van der Waals surface area contributed by atoms with Crippen molar-refractivity contribution in [2.45, 2.75) is 26.3 Å². The minimum Gasteiger partial charge on any atom is -0.341 e. The van der Waals surface area contributed by atoms with Crippen LogP contribution in [0.15, 0.2) is 54.7 Å². The Labute approximate surface area is 182 Å². The number of carbonyl (C=O) groups excluding carboxylic acids is 2. The van der Waals surface area contributed by atoms with E-state index in [-0.39, 0.29) is 11.8 Å². The normalized spacial score (nSPS) is 18.3. The molecular formula is C26H27N3O2. The molecule has 1 saturated heterocycles. The second kappa shape index (κ2) is 7.73. The lowest BCUT2D eigenvalue weighted by Gasteiger charge is -2.30. The minimum absolute atomic E-state index is 0.00320. The van der Waals surface area contributed by atoms with Crippen LogP contribution in [0.4, 0.5) is 5.69 Å². The number of hydrogen-bond acceptors (Lipinski definition) is 2. The van der Waals surface area contributed by atoms with Crippen molar-refractivity contribution in [3.05, 3.63) is 65.9 Å². The first-order valence-electron chi connectivity index (χ1n) is 11.0. The molecule has 31 heavy (non-hydrogen) atoms. The summed E-state index contributed by atoms with van der Waals surface area (Å²) in [5.41, 5.74) is 4.55. The van der Waals surface area contributed by atoms with Gasteiger partial charge in [-0.1, -0.05) is 43.3 Å². The molecule has 0 N–H and O–H groups in total. The maximum absolute atomic E-state index is 13.0. The molecule has 5 nitrogen and oxygen atoms in total. The van der Waals surface area contributed by atoms with E-state index in [1.807, 2.05) is 71.3 Å². The largest absolute Gasteiger partial charge is 0.341 e. The van der Waals surface area contributed by atoms with Crippen LogP contribution >= 0.6 is 0 Å². The molecule has 0 saturated carbocycles. The van der Waals surface area contributed by atoms with Gasteiger partial charge >= 0.3 is 0 Å². The summed E-state index contributed by atoms with van der Waals surface area (Å²) in [6.07, 6.45) is 6.13. The molecule has 158 valence electrons. The zero-order valence-electron chi connectivity index (χ0n) is 18.0. The van der Waals surface area contributed by atoms with Gasteiger partial charge in [-0.3, -0.25) is 9.59 Å². The molecule has 5 rings (SSSR count). The maximum atomic E-state index is 13.0. The van der Waals surface area contributed by atoms with Crippen LogP contribution in [-0.4, -0.2) is 41.4 Å². The summed E-state index contributed by atoms with van der Waals surface area (Å²) in [7, 11) is 1.81. The van der Waals surface area contributed by atoms with E-state index >= 15 is 0 Å². The Bertz CT molecular complexity index is 1200. The van der Waals surface area contributed by atoms with Crippen LogP contribution in [0, 0.1) is 5.92 Å². The number of rotatable bonds is 3. The van der Waals surface area contributed by atoms with E-state index in [0.717, 1.165) is 53.6 Å². The number of hydrogen-bond donors (Lipinski definition) is 0. The van der Waals surface area contributed by atoms with Crippen molar-refractivity contribution in [2.75, 3.05) is 25.0 Å². The molecule has 2 aliphatic heterocycles. The van der Waals surface area contributed by atoms with Crippen molar-refractivity contribution in [1.82, 2.24) is 9.47 Å². The number of aromatic nitrogens is 1. The average molecular weight is 414 g/mol. The summed E-state index contributed by atoms with van der Waals surface area (Å²) >= 11 is 0. The van der Waals surface area contributed by atoms with E-state index in [9.17, 15) is 9.59 Å². The third-order valence-electron chi connectivity index (χ3n) is 6.65. The van der Waals surface area contributed by atoms with Gasteiger partial charge < -0.3 is 14.4 Å². The maximum Gasteiger partial charge on any atom is 0.258 e. The lowest BCUT2D eigenvalue weighted by molar-refractivity contribution is -0.133. The fourth-order valence-electron chi connectivity index (χ4n) is 4.72. The lowest BCUT2D eigenvalue weighted by atomic mass is 9.99. The van der Waals surface area contributed by atoms with Gasteiger partial charge in [0.15, 0.2) is 0 Å². The number of likely N-dealkylation sites (N-methyl/N-ethyl adjacent to an activating group) is 1. The highest BCUT2D eigenvalue weighted by molar-refractivity contribution is 6.36. The highest BCUT2D eigenvalue weighted by Gasteiger charge is 2.29. The van der Waals surface area contributed by atoms with Crippen molar-refractivity contribution < 1.29 is 9.59 Å². The number of anilines is 1. The molecule has 2 aromatic carbocycles. The number of carbonyl (C=O) groups is 2. The SMILES string of the molecule is CC1CCN(C(=O)Cn2cc(/C=C3/C(=O)N(C)c4ccccc43)c3ccccc32)CC1. The summed E-state index contributed by atoms with van der Waals surface area (Å²) < 4.78 is 2.02. The summed E-state index contributed by atoms with van der Waals surface area (Å²) in [6, 6.07) is 16.0. The smallest absolute Gasteiger partial charge is 0.258 e. The van der Waals surface area contributed by atoms with Crippen molar-refractivity contribution in [3.63, 3.8) is 0 Å². The first-order valence-corrected chi connectivity index (χ1v) is 11.0. The molecule has 1 fully saturated rings. The Morgan fingerprint density at radius 3 is 2.58 bits per heavy atom. The molecule has 0 unspecified atom stereocenters. The molecule has 0 radical (unpaired) electrons. The Morgan fingerprint density at radius 1 is 1.06 bits per heavy atom. The lowest BCUT2D eigenvalue weighted by Crippen LogP contribution is -2.39. The van der Waals surface area contributed by atoms with Gasteiger partial charge in [0.1, 0.15) is 6.54 Å². The van der Waals surface area contributed by atoms with Gasteiger partial charge in [0.25, 0.3) is 5.91 Å². The zero-order chi connectivity index (χ0) is 21.5. The van der Waals surface area contributed by atoms with E-state index < -0.39 is 0 Å². The number of fused-ring (bicyclic) bond motifs is 2. The molecule has 5 heteroatoms. The van der Waals surface area contributed by atoms with Crippen LogP contribution in [0.1, 0.15) is 30.9 Å². The predicted octanol–water partition coefficient (Wildman–Crippen LogP) is 4.42. The van der Waals surface area contributed by atoms with Gasteiger partial charge in [0.2, 0.25) is 5.91 Å². The quantitative estimate of drug-likeness (QED) is 0.597. The summed E-state index contributed by atoms with van der Waals surface area (Å²) in [4.78, 5) is 29.5. The third kappa shape index (κ3) is 3.44. The number of piperidine rings is 1. The predicted molar refractivity (Wildman–Crippen MR) is 125 cm³/mol. The second-order valence-electron chi connectivity index (χ2n) is 8.73. The van der Waals surface area contributed by atoms with Crippen molar-refractivity contribution in [2.24, 2.45) is 5.92 Å². The van der Waals surface area contributed by atoms with E-state index in [0.29, 0.717) is 18.0 Å². The number of likely N-dealkylation sites (tertiary alicyclic amines) is 1. The van der Waals surface area contributed by atoms with Gasteiger partial charge in [-0.2, -0.15) is 0 Å². The van der Waals surface area contributed by atoms with Gasteiger partial charge in [-0.15, -0.1) is 0 Å². The number of amides is 2. The average Bonchev–Trinajstić information content (AvgIpc) is 3.25. The molecule has 0 spiro atoms. The van der Waals surface area contributed by atoms with Crippen molar-refractivity contribution in [1.29, 1.82) is 0 Å². The standard InChI is InChI=1S/C26H27N3O2/c1-18-11-13-28(14-12-18)25(30)17-29-16-19(20-7-3-6-10-24(20)29)15-22-21-8-4-5-9-23(21)27(2)26(22)31/h3-10,15-16,18H,11-14,17H2,1-2H3/b22-15+. The highest BCUT2D eigenvalue weighted by atomic mass is 16.2. The molecule has 3 heterocycles. The van der Waals surface area contributed by atoms with Crippen LogP contribution < -0.4 is 4.90 Å². The number of nitrogens with zero attached hydrogens (tertiary/aromatic N) is 3. The van der Waals surface area contributed by atoms with E-state index in [2.05, 4.69) is 13.0 Å². The molecule has 2 aliphatic rings. The van der Waals surface area contributed by atoms with Crippen LogP contribution in [0.2, 0.25) is 0 Å².